The summed E-state index contributed by atoms with van der Waals surface area (Å²) in [6, 6.07) is 3.20. The molecule has 0 aliphatic rings. The maximum absolute atomic E-state index is 10.4. The average molecular weight is 224 g/mol. The summed E-state index contributed by atoms with van der Waals surface area (Å²) in [5, 5.41) is 17.9. The minimum absolute atomic E-state index is 0.142. The van der Waals surface area contributed by atoms with Crippen molar-refractivity contribution in [3.8, 4) is 11.5 Å². The molecule has 1 rings (SSSR count). The van der Waals surface area contributed by atoms with E-state index in [9.17, 15) is 9.90 Å². The van der Waals surface area contributed by atoms with E-state index in [1.807, 2.05) is 6.92 Å². The minimum atomic E-state index is -0.796. The fourth-order valence-corrected chi connectivity index (χ4v) is 1.69. The van der Waals surface area contributed by atoms with Crippen LogP contribution in [0.2, 0.25) is 0 Å². The van der Waals surface area contributed by atoms with Gasteiger partial charge in [-0.1, -0.05) is 0 Å². The van der Waals surface area contributed by atoms with Gasteiger partial charge in [-0.15, -0.1) is 0 Å². The summed E-state index contributed by atoms with van der Waals surface area (Å²) >= 11 is 0. The predicted octanol–water partition coefficient (Wildman–Crippen LogP) is 2.12. The van der Waals surface area contributed by atoms with Crippen LogP contribution in [-0.4, -0.2) is 23.3 Å². The monoisotopic (exact) mass is 224 g/mol. The van der Waals surface area contributed by atoms with E-state index in [0.717, 1.165) is 11.1 Å². The van der Waals surface area contributed by atoms with Gasteiger partial charge in [-0.25, -0.2) is 0 Å². The molecule has 4 heteroatoms. The molecule has 1 aromatic carbocycles. The van der Waals surface area contributed by atoms with Crippen LogP contribution >= 0.6 is 0 Å². The van der Waals surface area contributed by atoms with Crippen LogP contribution in [0.5, 0.6) is 11.5 Å². The van der Waals surface area contributed by atoms with Crippen LogP contribution in [-0.2, 0) is 11.2 Å². The Kier molecular flexibility index (Phi) is 4.17. The Morgan fingerprint density at radius 1 is 1.44 bits per heavy atom. The van der Waals surface area contributed by atoms with Gasteiger partial charge in [0.05, 0.1) is 7.11 Å². The van der Waals surface area contributed by atoms with Crippen molar-refractivity contribution in [2.45, 2.75) is 26.2 Å². The Labute approximate surface area is 94.5 Å². The fourth-order valence-electron chi connectivity index (χ4n) is 1.69. The zero-order valence-electron chi connectivity index (χ0n) is 9.49. The number of aliphatic carboxylic acids is 1. The van der Waals surface area contributed by atoms with Crippen LogP contribution in [0.25, 0.3) is 0 Å². The van der Waals surface area contributed by atoms with Crippen molar-refractivity contribution in [2.75, 3.05) is 7.11 Å². The van der Waals surface area contributed by atoms with Crippen molar-refractivity contribution >= 4 is 5.97 Å². The first-order valence-corrected chi connectivity index (χ1v) is 5.13. The molecule has 4 nitrogen and oxygen atoms in total. The number of rotatable bonds is 5. The number of hydrogen-bond donors (Lipinski definition) is 2. The standard InChI is InChI=1S/C12H16O4/c1-8-6-9(13)7-11(16-2)10(8)4-3-5-12(14)15/h6-7,13H,3-5H2,1-2H3,(H,14,15). The molecule has 16 heavy (non-hydrogen) atoms. The van der Waals surface area contributed by atoms with Gasteiger partial charge in [0, 0.05) is 12.5 Å². The Hall–Kier alpha value is -1.71. The van der Waals surface area contributed by atoms with Crippen molar-refractivity contribution in [1.82, 2.24) is 0 Å². The molecule has 0 saturated heterocycles. The molecule has 0 fully saturated rings. The van der Waals surface area contributed by atoms with Gasteiger partial charge in [0.15, 0.2) is 0 Å². The van der Waals surface area contributed by atoms with Crippen molar-refractivity contribution < 1.29 is 19.7 Å². The van der Waals surface area contributed by atoms with Crippen LogP contribution in [0, 0.1) is 6.92 Å². The van der Waals surface area contributed by atoms with E-state index in [-0.39, 0.29) is 12.2 Å². The molecule has 0 spiro atoms. The molecule has 2 N–H and O–H groups in total. The number of carbonyl (C=O) groups is 1. The molecular weight excluding hydrogens is 208 g/mol. The van der Waals surface area contributed by atoms with Crippen molar-refractivity contribution in [1.29, 1.82) is 0 Å². The molecule has 0 aromatic heterocycles. The summed E-state index contributed by atoms with van der Waals surface area (Å²) in [5.41, 5.74) is 1.88. The Morgan fingerprint density at radius 3 is 2.69 bits per heavy atom. The molecule has 0 amide bonds. The summed E-state index contributed by atoms with van der Waals surface area (Å²) in [4.78, 5) is 10.4. The topological polar surface area (TPSA) is 66.8 Å². The lowest BCUT2D eigenvalue weighted by molar-refractivity contribution is -0.137. The fraction of sp³-hybridized carbons (Fsp3) is 0.417. The highest BCUT2D eigenvalue weighted by molar-refractivity contribution is 5.66. The number of carboxylic acids is 1. The zero-order chi connectivity index (χ0) is 12.1. The maximum atomic E-state index is 10.4. The highest BCUT2D eigenvalue weighted by atomic mass is 16.5. The normalized spacial score (nSPS) is 10.1. The first-order valence-electron chi connectivity index (χ1n) is 5.13. The summed E-state index contributed by atoms with van der Waals surface area (Å²) in [7, 11) is 1.54. The lowest BCUT2D eigenvalue weighted by Crippen LogP contribution is -1.99. The van der Waals surface area contributed by atoms with E-state index in [2.05, 4.69) is 0 Å². The van der Waals surface area contributed by atoms with Crippen molar-refractivity contribution in [3.63, 3.8) is 0 Å². The van der Waals surface area contributed by atoms with Crippen LogP contribution in [0.4, 0.5) is 0 Å². The van der Waals surface area contributed by atoms with E-state index in [1.54, 1.807) is 12.1 Å². The van der Waals surface area contributed by atoms with Crippen molar-refractivity contribution in [3.05, 3.63) is 23.3 Å². The van der Waals surface area contributed by atoms with Gasteiger partial charge in [0.25, 0.3) is 0 Å². The van der Waals surface area contributed by atoms with Crippen molar-refractivity contribution in [2.24, 2.45) is 0 Å². The Bertz CT molecular complexity index is 385. The molecular formula is C12H16O4. The molecule has 0 radical (unpaired) electrons. The third-order valence-corrected chi connectivity index (χ3v) is 2.45. The summed E-state index contributed by atoms with van der Waals surface area (Å²) in [6.45, 7) is 1.87. The van der Waals surface area contributed by atoms with Crippen LogP contribution in [0.15, 0.2) is 12.1 Å². The molecule has 0 heterocycles. The van der Waals surface area contributed by atoms with E-state index in [4.69, 9.17) is 9.84 Å². The minimum Gasteiger partial charge on any atom is -0.508 e. The SMILES string of the molecule is COc1cc(O)cc(C)c1CCCC(=O)O. The van der Waals surface area contributed by atoms with Gasteiger partial charge in [-0.05, 0) is 37.0 Å². The summed E-state index contributed by atoms with van der Waals surface area (Å²) in [6.07, 6.45) is 1.35. The molecule has 0 bridgehead atoms. The second-order valence-electron chi connectivity index (χ2n) is 3.69. The molecule has 0 saturated carbocycles. The van der Waals surface area contributed by atoms with Gasteiger partial charge in [-0.2, -0.15) is 0 Å². The van der Waals surface area contributed by atoms with E-state index < -0.39 is 5.97 Å². The lowest BCUT2D eigenvalue weighted by Gasteiger charge is -2.11. The van der Waals surface area contributed by atoms with E-state index in [0.29, 0.717) is 18.6 Å². The first-order chi connectivity index (χ1) is 7.54. The number of carboxylic acid groups (broad SMARTS) is 1. The molecule has 0 aliphatic heterocycles. The smallest absolute Gasteiger partial charge is 0.303 e. The number of aryl methyl sites for hydroxylation is 1. The van der Waals surface area contributed by atoms with Crippen LogP contribution < -0.4 is 4.74 Å². The first kappa shape index (κ1) is 12.4. The summed E-state index contributed by atoms with van der Waals surface area (Å²) in [5.74, 6) is -0.0189. The second-order valence-corrected chi connectivity index (χ2v) is 3.69. The number of phenols is 1. The number of hydrogen-bond acceptors (Lipinski definition) is 3. The Balaban J connectivity index is 2.81. The molecule has 88 valence electrons. The van der Waals surface area contributed by atoms with Gasteiger partial charge in [0.2, 0.25) is 0 Å². The number of methoxy groups -OCH3 is 1. The third kappa shape index (κ3) is 3.15. The molecule has 0 aliphatic carbocycles. The van der Waals surface area contributed by atoms with E-state index >= 15 is 0 Å². The third-order valence-electron chi connectivity index (χ3n) is 2.45. The molecule has 0 atom stereocenters. The highest BCUT2D eigenvalue weighted by Crippen LogP contribution is 2.28. The van der Waals surface area contributed by atoms with Gasteiger partial charge in [0.1, 0.15) is 11.5 Å². The van der Waals surface area contributed by atoms with Crippen LogP contribution in [0.3, 0.4) is 0 Å². The predicted molar refractivity (Wildman–Crippen MR) is 60.0 cm³/mol. The Morgan fingerprint density at radius 2 is 2.12 bits per heavy atom. The second kappa shape index (κ2) is 5.39. The molecule has 1 aromatic rings. The van der Waals surface area contributed by atoms with Gasteiger partial charge >= 0.3 is 5.97 Å². The van der Waals surface area contributed by atoms with Crippen LogP contribution in [0.1, 0.15) is 24.0 Å². The zero-order valence-corrected chi connectivity index (χ0v) is 9.49. The summed E-state index contributed by atoms with van der Waals surface area (Å²) < 4.78 is 5.16. The number of aromatic hydroxyl groups is 1. The number of benzene rings is 1. The van der Waals surface area contributed by atoms with E-state index in [1.165, 1.54) is 7.11 Å². The van der Waals surface area contributed by atoms with Gasteiger partial charge in [-0.3, -0.25) is 4.79 Å². The largest absolute Gasteiger partial charge is 0.508 e. The highest BCUT2D eigenvalue weighted by Gasteiger charge is 2.09. The lowest BCUT2D eigenvalue weighted by atomic mass is 10.0. The maximum Gasteiger partial charge on any atom is 0.303 e. The van der Waals surface area contributed by atoms with Gasteiger partial charge < -0.3 is 14.9 Å². The number of ether oxygens (including phenoxy) is 1. The number of phenolic OH excluding ortho intramolecular Hbond substituents is 1. The molecule has 0 unspecified atom stereocenters. The quantitative estimate of drug-likeness (QED) is 0.803. The average Bonchev–Trinajstić information content (AvgIpc) is 2.20.